The van der Waals surface area contributed by atoms with Crippen molar-refractivity contribution < 1.29 is 9.53 Å². The number of likely N-dealkylation sites (tertiary alicyclic amines) is 1. The summed E-state index contributed by atoms with van der Waals surface area (Å²) < 4.78 is 7.23. The van der Waals surface area contributed by atoms with Gasteiger partial charge in [0.1, 0.15) is 5.65 Å². The van der Waals surface area contributed by atoms with Gasteiger partial charge < -0.3 is 25.3 Å². The van der Waals surface area contributed by atoms with Crippen molar-refractivity contribution in [1.82, 2.24) is 34.8 Å². The third kappa shape index (κ3) is 4.91. The van der Waals surface area contributed by atoms with Gasteiger partial charge in [-0.15, -0.1) is 0 Å². The summed E-state index contributed by atoms with van der Waals surface area (Å²) in [7, 11) is 3.90. The fraction of sp³-hybridized carbons (Fsp3) is 0.481. The highest BCUT2D eigenvalue weighted by molar-refractivity contribution is 6.02. The summed E-state index contributed by atoms with van der Waals surface area (Å²) in [5.41, 5.74) is 4.13. The van der Waals surface area contributed by atoms with Crippen LogP contribution in [0.15, 0.2) is 36.9 Å². The Hall–Kier alpha value is -3.50. The van der Waals surface area contributed by atoms with Crippen molar-refractivity contribution in [3.05, 3.63) is 42.5 Å². The molecule has 10 nitrogen and oxygen atoms in total. The smallest absolute Gasteiger partial charge is 0.255 e. The Balaban J connectivity index is 1.21. The second-order valence-electron chi connectivity index (χ2n) is 10.4. The molecule has 6 rings (SSSR count). The molecule has 4 aromatic heterocycles. The summed E-state index contributed by atoms with van der Waals surface area (Å²) in [6, 6.07) is 4.58. The lowest BCUT2D eigenvalue weighted by Crippen LogP contribution is -2.43. The van der Waals surface area contributed by atoms with Crippen molar-refractivity contribution in [2.45, 2.75) is 56.7 Å². The number of carbonyl (C=O) groups excluding carboxylic acids is 1. The number of hydrogen-bond acceptors (Lipinski definition) is 7. The number of hydrogen-bond donors (Lipinski definition) is 3. The van der Waals surface area contributed by atoms with Crippen LogP contribution < -0.4 is 10.6 Å². The third-order valence-corrected chi connectivity index (χ3v) is 7.90. The van der Waals surface area contributed by atoms with Gasteiger partial charge in [0.15, 0.2) is 0 Å². The van der Waals surface area contributed by atoms with Gasteiger partial charge in [0.2, 0.25) is 5.95 Å². The summed E-state index contributed by atoms with van der Waals surface area (Å²) in [6.07, 6.45) is 13.9. The number of aromatic amines is 1. The zero-order chi connectivity index (χ0) is 25.4. The second-order valence-corrected chi connectivity index (χ2v) is 10.4. The van der Waals surface area contributed by atoms with E-state index in [4.69, 9.17) is 9.72 Å². The van der Waals surface area contributed by atoms with E-state index in [1.165, 1.54) is 0 Å². The van der Waals surface area contributed by atoms with Crippen LogP contribution in [0.5, 0.6) is 0 Å². The van der Waals surface area contributed by atoms with Crippen molar-refractivity contribution in [1.29, 1.82) is 0 Å². The summed E-state index contributed by atoms with van der Waals surface area (Å²) in [6.45, 7) is 2.00. The van der Waals surface area contributed by atoms with Gasteiger partial charge in [-0.25, -0.2) is 9.50 Å². The van der Waals surface area contributed by atoms with Crippen LogP contribution in [-0.4, -0.2) is 80.8 Å². The average molecular weight is 503 g/mol. The number of piperidine rings is 1. The molecule has 4 aromatic rings. The molecule has 1 amide bonds. The maximum atomic E-state index is 13.1. The van der Waals surface area contributed by atoms with Crippen LogP contribution in [0.25, 0.3) is 27.7 Å². The first-order valence-electron chi connectivity index (χ1n) is 13.2. The largest absolute Gasteiger partial charge is 0.381 e. The molecule has 1 aliphatic carbocycles. The Morgan fingerprint density at radius 2 is 1.92 bits per heavy atom. The lowest BCUT2D eigenvalue weighted by atomic mass is 9.93. The molecule has 0 radical (unpaired) electrons. The first kappa shape index (κ1) is 23.9. The monoisotopic (exact) mass is 502 g/mol. The molecule has 1 saturated heterocycles. The maximum absolute atomic E-state index is 13.1. The Kier molecular flexibility index (Phi) is 6.52. The molecule has 0 bridgehead atoms. The summed E-state index contributed by atoms with van der Waals surface area (Å²) in [5, 5.41) is 12.0. The standard InChI is InChI=1S/C27H34N8O2/c1-34-10-8-19(9-11-34)31-26(36)23-16-30-35-12-7-17(13-24(23)35)21-14-28-25-22(21)15-29-27(33-25)32-18-3-5-20(37-2)6-4-18/h7,12-16,18-20H,3-6,8-11H2,1-2H3,(H,31,36)(H2,28,29,32,33). The number of rotatable bonds is 6. The predicted octanol–water partition coefficient (Wildman–Crippen LogP) is 3.47. The van der Waals surface area contributed by atoms with E-state index in [2.05, 4.69) is 37.6 Å². The zero-order valence-corrected chi connectivity index (χ0v) is 21.4. The van der Waals surface area contributed by atoms with Crippen LogP contribution in [0.1, 0.15) is 48.9 Å². The predicted molar refractivity (Wildman–Crippen MR) is 143 cm³/mol. The molecule has 5 heterocycles. The number of nitrogens with one attached hydrogen (secondary N) is 3. The number of fused-ring (bicyclic) bond motifs is 2. The first-order chi connectivity index (χ1) is 18.1. The molecule has 1 saturated carbocycles. The number of anilines is 1. The van der Waals surface area contributed by atoms with Gasteiger partial charge in [0.25, 0.3) is 5.91 Å². The lowest BCUT2D eigenvalue weighted by molar-refractivity contribution is 0.0681. The summed E-state index contributed by atoms with van der Waals surface area (Å²) >= 11 is 0. The van der Waals surface area contributed by atoms with Crippen LogP contribution in [0.4, 0.5) is 5.95 Å². The molecule has 194 valence electrons. The second kappa shape index (κ2) is 10.1. The van der Waals surface area contributed by atoms with E-state index >= 15 is 0 Å². The molecule has 1 aliphatic heterocycles. The Morgan fingerprint density at radius 1 is 1.11 bits per heavy atom. The zero-order valence-electron chi connectivity index (χ0n) is 21.4. The van der Waals surface area contributed by atoms with E-state index in [0.29, 0.717) is 23.7 Å². The minimum Gasteiger partial charge on any atom is -0.381 e. The molecule has 0 atom stereocenters. The van der Waals surface area contributed by atoms with E-state index in [9.17, 15) is 4.79 Å². The van der Waals surface area contributed by atoms with Crippen molar-refractivity contribution in [3.63, 3.8) is 0 Å². The Labute approximate surface area is 215 Å². The number of nitrogens with zero attached hydrogens (tertiary/aromatic N) is 5. The van der Waals surface area contributed by atoms with E-state index in [-0.39, 0.29) is 11.9 Å². The molecule has 0 aromatic carbocycles. The normalized spacial score (nSPS) is 21.5. The molecule has 0 unspecified atom stereocenters. The molecular formula is C27H34N8O2. The molecule has 0 spiro atoms. The Morgan fingerprint density at radius 3 is 2.70 bits per heavy atom. The van der Waals surface area contributed by atoms with E-state index in [1.54, 1.807) is 17.8 Å². The van der Waals surface area contributed by atoms with Crippen molar-refractivity contribution in [2.75, 3.05) is 32.6 Å². The summed E-state index contributed by atoms with van der Waals surface area (Å²) in [5.74, 6) is 0.570. The van der Waals surface area contributed by atoms with Crippen LogP contribution in [0, 0.1) is 0 Å². The van der Waals surface area contributed by atoms with Gasteiger partial charge in [0.05, 0.1) is 23.4 Å². The average Bonchev–Trinajstić information content (AvgIpc) is 3.54. The van der Waals surface area contributed by atoms with Crippen molar-refractivity contribution >= 4 is 28.4 Å². The molecule has 2 fully saturated rings. The fourth-order valence-electron chi connectivity index (χ4n) is 5.58. The van der Waals surface area contributed by atoms with Gasteiger partial charge in [-0.05, 0) is 76.4 Å². The van der Waals surface area contributed by atoms with Gasteiger partial charge in [-0.2, -0.15) is 10.1 Å². The number of amides is 1. The highest BCUT2D eigenvalue weighted by Gasteiger charge is 2.23. The highest BCUT2D eigenvalue weighted by atomic mass is 16.5. The van der Waals surface area contributed by atoms with Gasteiger partial charge in [0, 0.05) is 48.7 Å². The minimum absolute atomic E-state index is 0.0702. The van der Waals surface area contributed by atoms with E-state index in [0.717, 1.165) is 79.3 Å². The first-order valence-corrected chi connectivity index (χ1v) is 13.2. The number of aromatic nitrogens is 5. The maximum Gasteiger partial charge on any atom is 0.255 e. The third-order valence-electron chi connectivity index (χ3n) is 7.90. The van der Waals surface area contributed by atoms with E-state index < -0.39 is 0 Å². The lowest BCUT2D eigenvalue weighted by Gasteiger charge is -2.29. The summed E-state index contributed by atoms with van der Waals surface area (Å²) in [4.78, 5) is 28.0. The fourth-order valence-corrected chi connectivity index (χ4v) is 5.58. The molecule has 2 aliphatic rings. The number of pyridine rings is 1. The topological polar surface area (TPSA) is 112 Å². The van der Waals surface area contributed by atoms with Gasteiger partial charge in [-0.3, -0.25) is 4.79 Å². The number of methoxy groups -OCH3 is 1. The Bertz CT molecular complexity index is 1400. The number of H-pyrrole nitrogens is 1. The van der Waals surface area contributed by atoms with Crippen LogP contribution in [-0.2, 0) is 4.74 Å². The van der Waals surface area contributed by atoms with Crippen LogP contribution >= 0.6 is 0 Å². The van der Waals surface area contributed by atoms with Crippen LogP contribution in [0.3, 0.4) is 0 Å². The number of carbonyl (C=O) groups is 1. The SMILES string of the molecule is COC1CCC(Nc2ncc3c(-c4ccn5ncc(C(=O)NC6CCN(C)CC6)c5c4)c[nH]c3n2)CC1. The van der Waals surface area contributed by atoms with Gasteiger partial charge in [-0.1, -0.05) is 0 Å². The molecule has 10 heteroatoms. The minimum atomic E-state index is -0.0702. The molecular weight excluding hydrogens is 468 g/mol. The van der Waals surface area contributed by atoms with Crippen LogP contribution in [0.2, 0.25) is 0 Å². The van der Waals surface area contributed by atoms with Gasteiger partial charge >= 0.3 is 0 Å². The highest BCUT2D eigenvalue weighted by Crippen LogP contribution is 2.30. The number of ether oxygens (including phenoxy) is 1. The molecule has 37 heavy (non-hydrogen) atoms. The van der Waals surface area contributed by atoms with E-state index in [1.807, 2.05) is 30.7 Å². The molecule has 3 N–H and O–H groups in total. The van der Waals surface area contributed by atoms with Crippen molar-refractivity contribution in [3.8, 4) is 11.1 Å². The van der Waals surface area contributed by atoms with Crippen molar-refractivity contribution in [2.24, 2.45) is 0 Å². The quantitative estimate of drug-likeness (QED) is 0.370.